The average Bonchev–Trinajstić information content (AvgIpc) is 2.29. The Labute approximate surface area is 105 Å². The summed E-state index contributed by atoms with van der Waals surface area (Å²) >= 11 is 5.75. The van der Waals surface area contributed by atoms with Gasteiger partial charge < -0.3 is 14.6 Å². The van der Waals surface area contributed by atoms with Crippen LogP contribution in [0.5, 0.6) is 0 Å². The van der Waals surface area contributed by atoms with Crippen molar-refractivity contribution in [2.45, 2.75) is 12.5 Å². The van der Waals surface area contributed by atoms with E-state index in [4.69, 9.17) is 21.1 Å². The topological polar surface area (TPSA) is 38.7 Å². The highest BCUT2D eigenvalue weighted by Crippen LogP contribution is 2.16. The van der Waals surface area contributed by atoms with Crippen LogP contribution < -0.4 is 0 Å². The summed E-state index contributed by atoms with van der Waals surface area (Å²) in [4.78, 5) is 0. The molecule has 0 bridgehead atoms. The summed E-state index contributed by atoms with van der Waals surface area (Å²) in [6.45, 7) is 1.03. The lowest BCUT2D eigenvalue weighted by atomic mass is 10.1. The highest BCUT2D eigenvalue weighted by atomic mass is 35.5. The molecule has 17 heavy (non-hydrogen) atoms. The number of benzene rings is 1. The number of rotatable bonds is 7. The summed E-state index contributed by atoms with van der Waals surface area (Å²) in [6.07, 6.45) is -0.570. The van der Waals surface area contributed by atoms with E-state index in [9.17, 15) is 9.50 Å². The van der Waals surface area contributed by atoms with E-state index < -0.39 is 6.10 Å². The molecule has 0 fully saturated rings. The van der Waals surface area contributed by atoms with Crippen LogP contribution in [0.3, 0.4) is 0 Å². The zero-order chi connectivity index (χ0) is 12.7. The van der Waals surface area contributed by atoms with Gasteiger partial charge in [-0.2, -0.15) is 0 Å². The smallest absolute Gasteiger partial charge is 0.126 e. The summed E-state index contributed by atoms with van der Waals surface area (Å²) in [6, 6.07) is 4.27. The molecule has 96 valence electrons. The van der Waals surface area contributed by atoms with Crippen molar-refractivity contribution >= 4 is 11.6 Å². The molecule has 1 rings (SSSR count). The molecule has 1 N–H and O–H groups in total. The summed E-state index contributed by atoms with van der Waals surface area (Å²) in [5, 5.41) is 10.1. The molecule has 0 amide bonds. The van der Waals surface area contributed by atoms with Crippen LogP contribution >= 0.6 is 11.6 Å². The molecule has 0 aliphatic heterocycles. The fourth-order valence-corrected chi connectivity index (χ4v) is 1.57. The van der Waals surface area contributed by atoms with E-state index in [-0.39, 0.29) is 18.8 Å². The third-order valence-corrected chi connectivity index (χ3v) is 2.44. The van der Waals surface area contributed by atoms with Crippen molar-refractivity contribution in [2.75, 3.05) is 26.9 Å². The molecule has 1 aromatic carbocycles. The maximum Gasteiger partial charge on any atom is 0.126 e. The number of aliphatic hydroxyl groups excluding tert-OH is 1. The second-order valence-corrected chi connectivity index (χ2v) is 4.10. The van der Waals surface area contributed by atoms with Crippen LogP contribution in [0.25, 0.3) is 0 Å². The Bertz CT molecular complexity index is 347. The van der Waals surface area contributed by atoms with Crippen LogP contribution in [-0.2, 0) is 15.9 Å². The lowest BCUT2D eigenvalue weighted by molar-refractivity contribution is 0.0134. The van der Waals surface area contributed by atoms with Gasteiger partial charge in [0.05, 0.1) is 25.9 Å². The maximum absolute atomic E-state index is 13.3. The van der Waals surface area contributed by atoms with Crippen molar-refractivity contribution < 1.29 is 19.0 Å². The molecule has 1 aromatic rings. The minimum atomic E-state index is -0.750. The van der Waals surface area contributed by atoms with Crippen molar-refractivity contribution in [1.82, 2.24) is 0 Å². The normalized spacial score (nSPS) is 12.7. The minimum absolute atomic E-state index is 0.148. The Morgan fingerprint density at radius 1 is 1.41 bits per heavy atom. The number of aliphatic hydroxyl groups is 1. The quantitative estimate of drug-likeness (QED) is 0.765. The van der Waals surface area contributed by atoms with Gasteiger partial charge in [0, 0.05) is 18.6 Å². The Morgan fingerprint density at radius 3 is 2.88 bits per heavy atom. The van der Waals surface area contributed by atoms with Crippen molar-refractivity contribution in [3.8, 4) is 0 Å². The third kappa shape index (κ3) is 5.46. The highest BCUT2D eigenvalue weighted by Gasteiger charge is 2.10. The van der Waals surface area contributed by atoms with Gasteiger partial charge in [-0.05, 0) is 23.8 Å². The van der Waals surface area contributed by atoms with Crippen molar-refractivity contribution in [1.29, 1.82) is 0 Å². The maximum atomic E-state index is 13.3. The van der Waals surface area contributed by atoms with E-state index in [2.05, 4.69) is 0 Å². The number of methoxy groups -OCH3 is 1. The zero-order valence-electron chi connectivity index (χ0n) is 9.66. The van der Waals surface area contributed by atoms with E-state index in [1.165, 1.54) is 18.2 Å². The molecule has 0 aliphatic rings. The van der Waals surface area contributed by atoms with E-state index >= 15 is 0 Å². The van der Waals surface area contributed by atoms with Gasteiger partial charge in [-0.25, -0.2) is 4.39 Å². The number of halogens is 2. The molecule has 0 saturated heterocycles. The summed E-state index contributed by atoms with van der Waals surface area (Å²) < 4.78 is 23.3. The lowest BCUT2D eigenvalue weighted by Crippen LogP contribution is -2.20. The number of hydrogen-bond acceptors (Lipinski definition) is 3. The number of hydrogen-bond donors (Lipinski definition) is 1. The fraction of sp³-hybridized carbons (Fsp3) is 0.500. The SMILES string of the molecule is COCCOCC(O)Cc1cc(Cl)ccc1F. The van der Waals surface area contributed by atoms with Crippen molar-refractivity contribution in [3.05, 3.63) is 34.6 Å². The zero-order valence-corrected chi connectivity index (χ0v) is 10.4. The summed E-state index contributed by atoms with van der Waals surface area (Å²) in [7, 11) is 1.57. The van der Waals surface area contributed by atoms with Gasteiger partial charge >= 0.3 is 0 Å². The van der Waals surface area contributed by atoms with Crippen LogP contribution in [-0.4, -0.2) is 38.1 Å². The molecule has 0 aliphatic carbocycles. The van der Waals surface area contributed by atoms with E-state index in [1.54, 1.807) is 7.11 Å². The second kappa shape index (κ2) is 7.61. The van der Waals surface area contributed by atoms with Gasteiger partial charge in [0.15, 0.2) is 0 Å². The lowest BCUT2D eigenvalue weighted by Gasteiger charge is -2.12. The Kier molecular flexibility index (Phi) is 6.44. The van der Waals surface area contributed by atoms with Crippen LogP contribution in [0.15, 0.2) is 18.2 Å². The third-order valence-electron chi connectivity index (χ3n) is 2.21. The first-order valence-electron chi connectivity index (χ1n) is 5.32. The van der Waals surface area contributed by atoms with E-state index in [1.807, 2.05) is 0 Å². The van der Waals surface area contributed by atoms with Gasteiger partial charge in [0.25, 0.3) is 0 Å². The Balaban J connectivity index is 2.39. The first-order valence-corrected chi connectivity index (χ1v) is 5.70. The molecular weight excluding hydrogens is 247 g/mol. The largest absolute Gasteiger partial charge is 0.390 e. The van der Waals surface area contributed by atoms with E-state index in [0.717, 1.165) is 0 Å². The van der Waals surface area contributed by atoms with Gasteiger partial charge in [-0.15, -0.1) is 0 Å². The summed E-state index contributed by atoms with van der Waals surface area (Å²) in [5.41, 5.74) is 0.389. The summed E-state index contributed by atoms with van der Waals surface area (Å²) in [5.74, 6) is -0.370. The van der Waals surface area contributed by atoms with Crippen molar-refractivity contribution in [3.63, 3.8) is 0 Å². The first-order chi connectivity index (χ1) is 8.13. The fourth-order valence-electron chi connectivity index (χ4n) is 1.37. The van der Waals surface area contributed by atoms with Crippen LogP contribution in [0.1, 0.15) is 5.56 Å². The van der Waals surface area contributed by atoms with E-state index in [0.29, 0.717) is 23.8 Å². The van der Waals surface area contributed by atoms with Crippen LogP contribution in [0.2, 0.25) is 5.02 Å². The molecule has 0 saturated carbocycles. The predicted molar refractivity (Wildman–Crippen MR) is 63.8 cm³/mol. The molecule has 0 aromatic heterocycles. The molecule has 1 atom stereocenters. The van der Waals surface area contributed by atoms with Gasteiger partial charge in [0.2, 0.25) is 0 Å². The molecule has 0 spiro atoms. The molecule has 0 radical (unpaired) electrons. The van der Waals surface area contributed by atoms with Crippen LogP contribution in [0.4, 0.5) is 4.39 Å². The van der Waals surface area contributed by atoms with Crippen molar-refractivity contribution in [2.24, 2.45) is 0 Å². The highest BCUT2D eigenvalue weighted by molar-refractivity contribution is 6.30. The monoisotopic (exact) mass is 262 g/mol. The van der Waals surface area contributed by atoms with Crippen LogP contribution in [0, 0.1) is 5.82 Å². The number of ether oxygens (including phenoxy) is 2. The molecule has 5 heteroatoms. The molecular formula is C12H16ClFO3. The Morgan fingerprint density at radius 2 is 2.18 bits per heavy atom. The van der Waals surface area contributed by atoms with Gasteiger partial charge in [-0.1, -0.05) is 11.6 Å². The average molecular weight is 263 g/mol. The second-order valence-electron chi connectivity index (χ2n) is 3.66. The standard InChI is InChI=1S/C12H16ClFO3/c1-16-4-5-17-8-11(15)7-9-6-10(13)2-3-12(9)14/h2-3,6,11,15H,4-5,7-8H2,1H3. The predicted octanol–water partition coefficient (Wildman–Crippen LogP) is 2.05. The Hall–Kier alpha value is -0.680. The molecule has 3 nitrogen and oxygen atoms in total. The van der Waals surface area contributed by atoms with Gasteiger partial charge in [-0.3, -0.25) is 0 Å². The molecule has 1 unspecified atom stereocenters. The minimum Gasteiger partial charge on any atom is -0.390 e. The molecule has 0 heterocycles. The van der Waals surface area contributed by atoms with Gasteiger partial charge in [0.1, 0.15) is 5.82 Å². The first kappa shape index (κ1) is 14.4.